The number of rotatable bonds is 7. The van der Waals surface area contributed by atoms with Crippen LogP contribution >= 0.6 is 11.3 Å². The number of anilines is 3. The van der Waals surface area contributed by atoms with Crippen LogP contribution in [0.3, 0.4) is 0 Å². The first kappa shape index (κ1) is 12.9. The van der Waals surface area contributed by atoms with Crippen molar-refractivity contribution in [3.63, 3.8) is 0 Å². The highest BCUT2D eigenvalue weighted by molar-refractivity contribution is 7.26. The maximum Gasteiger partial charge on any atom is 0.0645 e. The molecule has 0 aliphatic rings. The van der Waals surface area contributed by atoms with Crippen molar-refractivity contribution in [3.8, 4) is 39.1 Å². The molecule has 2 nitrogen and oxygen atoms in total. The molecule has 0 aliphatic carbocycles. The minimum Gasteiger partial charge on any atom is -0.310 e. The molecular weight excluding hydrogens is 709 g/mol. The molecular formula is C54H36N2S. The van der Waals surface area contributed by atoms with Gasteiger partial charge >= 0.3 is 0 Å². The van der Waals surface area contributed by atoms with Gasteiger partial charge in [-0.2, -0.15) is 0 Å². The van der Waals surface area contributed by atoms with E-state index >= 15 is 0 Å². The zero-order valence-electron chi connectivity index (χ0n) is 64.3. The number of para-hydroxylation sites is 2. The van der Waals surface area contributed by atoms with Crippen molar-refractivity contribution in [2.45, 2.75) is 0 Å². The Bertz CT molecular complexity index is 5000. The summed E-state index contributed by atoms with van der Waals surface area (Å²) in [7, 11) is 0. The van der Waals surface area contributed by atoms with Crippen LogP contribution in [0.2, 0.25) is 0 Å². The fraction of sp³-hybridized carbons (Fsp3) is 0. The van der Waals surface area contributed by atoms with Crippen molar-refractivity contribution in [2.24, 2.45) is 0 Å². The van der Waals surface area contributed by atoms with Crippen molar-refractivity contribution in [3.05, 3.63) is 218 Å². The van der Waals surface area contributed by atoms with E-state index in [1.165, 1.54) is 0 Å². The molecule has 0 bridgehead atoms. The molecule has 0 saturated carbocycles. The number of hydrogen-bond donors (Lipinski definition) is 0. The second-order valence-corrected chi connectivity index (χ2v) is 12.8. The van der Waals surface area contributed by atoms with Crippen LogP contribution in [0.15, 0.2) is 218 Å². The van der Waals surface area contributed by atoms with Gasteiger partial charge in [0.2, 0.25) is 0 Å². The van der Waals surface area contributed by atoms with Crippen LogP contribution in [-0.4, -0.2) is 4.57 Å². The average Bonchev–Trinajstić information content (AvgIpc) is 1.64. The van der Waals surface area contributed by atoms with E-state index in [-0.39, 0.29) is 0 Å². The Kier molecular flexibility index (Phi) is 3.13. The minimum absolute atomic E-state index is 0.358. The summed E-state index contributed by atoms with van der Waals surface area (Å²) in [5.74, 6) is 0. The standard InChI is InChI=1S/C54H36N2S/c1-3-13-37(14-4-1)39-23-29-42(30-24-39)55(43-31-25-40(26-32-43)38-15-5-2-6-16-38)51-36-35-45(54-53(51)48-19-9-12-22-52(48)57-54)41-27-33-44(34-28-41)56-49-20-10-7-17-46(49)47-18-8-11-21-50(47)56/h1-36H/i1D,2D,3D,4D,5D,6D,7D,8D,9D,10D,11D,12D,13D,14D,15D,16D,17D,18D,19D,20D,21D,22D,23D,24D,25D,26D,27D,28D,29D,30D,31D,32D,33D,34D,35D,36D. The van der Waals surface area contributed by atoms with E-state index in [1.807, 2.05) is 0 Å². The molecule has 0 aliphatic heterocycles. The second-order valence-electron chi connectivity index (χ2n) is 11.8. The van der Waals surface area contributed by atoms with Crippen molar-refractivity contribution in [2.75, 3.05) is 4.90 Å². The lowest BCUT2D eigenvalue weighted by molar-refractivity contribution is 1.18. The van der Waals surface area contributed by atoms with Gasteiger partial charge < -0.3 is 9.47 Å². The van der Waals surface area contributed by atoms with Gasteiger partial charge in [0.25, 0.3) is 0 Å². The zero-order valence-corrected chi connectivity index (χ0v) is 29.1. The van der Waals surface area contributed by atoms with Crippen LogP contribution in [0.25, 0.3) is 81.0 Å². The molecule has 0 fully saturated rings. The SMILES string of the molecule is [2H]c1c([2H])c([2H])c(-c2c([2H])c([2H])c(N(c3c([2H])c([2H])c(-c4c([2H])c([2H])c([2H])c([2H])c4[2H])c([2H])c3[2H])c3c([2H])c([2H])c(-c4c([2H])c([2H])c(-n5c6c([2H])c([2H])c([2H])c([2H])c6c6c([2H])c([2H])c([2H])c([2H])c65)c([2H])c4[2H])c4sc5c([2H])c([2H])c([2H])c([2H])c5c34)c([2H])c2[2H])c([2H])c1[2H]. The average molecular weight is 781 g/mol. The Morgan fingerprint density at radius 3 is 1.40 bits per heavy atom. The van der Waals surface area contributed by atoms with E-state index in [9.17, 15) is 21.9 Å². The van der Waals surface area contributed by atoms with Gasteiger partial charge in [0.15, 0.2) is 0 Å². The Balaban J connectivity index is 1.35. The first-order valence-electron chi connectivity index (χ1n) is 34.5. The molecule has 57 heavy (non-hydrogen) atoms. The Morgan fingerprint density at radius 2 is 0.842 bits per heavy atom. The number of aromatic nitrogens is 1. The van der Waals surface area contributed by atoms with Gasteiger partial charge in [-0.15, -0.1) is 11.3 Å². The van der Waals surface area contributed by atoms with Gasteiger partial charge in [-0.05, 0) is 93.8 Å². The topological polar surface area (TPSA) is 8.17 Å². The third-order valence-electron chi connectivity index (χ3n) is 8.62. The Labute approximate surface area is 386 Å². The molecule has 0 atom stereocenters. The van der Waals surface area contributed by atoms with Crippen LogP contribution < -0.4 is 4.90 Å². The van der Waals surface area contributed by atoms with Gasteiger partial charge in [-0.25, -0.2) is 0 Å². The number of thiophene rings is 1. The van der Waals surface area contributed by atoms with Crippen LogP contribution in [0.1, 0.15) is 49.3 Å². The number of fused-ring (bicyclic) bond motifs is 6. The van der Waals surface area contributed by atoms with Crippen molar-refractivity contribution < 1.29 is 49.3 Å². The monoisotopic (exact) mass is 780 g/mol. The van der Waals surface area contributed by atoms with E-state index in [2.05, 4.69) is 0 Å². The third-order valence-corrected chi connectivity index (χ3v) is 9.74. The van der Waals surface area contributed by atoms with E-state index in [4.69, 9.17) is 27.4 Å². The summed E-state index contributed by atoms with van der Waals surface area (Å²) in [6.07, 6.45) is 0. The Hall–Kier alpha value is -7.20. The van der Waals surface area contributed by atoms with E-state index in [0.717, 1.165) is 0 Å². The summed E-state index contributed by atoms with van der Waals surface area (Å²) in [5.41, 5.74) is -11.0. The fourth-order valence-corrected chi connectivity index (χ4v) is 7.28. The Morgan fingerprint density at radius 1 is 0.386 bits per heavy atom. The number of benzene rings is 9. The highest BCUT2D eigenvalue weighted by Crippen LogP contribution is 2.48. The summed E-state index contributed by atoms with van der Waals surface area (Å²) in [5, 5.41) is -2.42. The molecule has 3 heteroatoms. The smallest absolute Gasteiger partial charge is 0.0645 e. The van der Waals surface area contributed by atoms with Crippen LogP contribution in [0.4, 0.5) is 17.1 Å². The lowest BCUT2D eigenvalue weighted by Crippen LogP contribution is -2.10. The van der Waals surface area contributed by atoms with Crippen molar-refractivity contribution in [1.82, 2.24) is 4.57 Å². The highest BCUT2D eigenvalue weighted by atomic mass is 32.1. The lowest BCUT2D eigenvalue weighted by Gasteiger charge is -2.27. The van der Waals surface area contributed by atoms with Crippen LogP contribution in [-0.2, 0) is 0 Å². The zero-order chi connectivity index (χ0) is 69.0. The van der Waals surface area contributed by atoms with Gasteiger partial charge in [0.1, 0.15) is 0 Å². The normalized spacial score (nSPS) is 20.4. The van der Waals surface area contributed by atoms with Gasteiger partial charge in [-0.3, -0.25) is 0 Å². The summed E-state index contributed by atoms with van der Waals surface area (Å²) in [4.78, 5) is 0.378. The summed E-state index contributed by atoms with van der Waals surface area (Å²) in [6, 6.07) is -37.8. The summed E-state index contributed by atoms with van der Waals surface area (Å²) < 4.78 is 326. The molecule has 11 rings (SSSR count). The molecule has 0 radical (unpaired) electrons. The highest BCUT2D eigenvalue weighted by Gasteiger charge is 2.21. The van der Waals surface area contributed by atoms with Crippen molar-refractivity contribution >= 4 is 70.4 Å². The predicted octanol–water partition coefficient (Wildman–Crippen LogP) is 15.6. The minimum atomic E-state index is -1.32. The second kappa shape index (κ2) is 13.8. The molecule has 11 aromatic rings. The predicted molar refractivity (Wildman–Crippen MR) is 245 cm³/mol. The molecule has 0 unspecified atom stereocenters. The molecule has 2 aromatic heterocycles. The molecule has 268 valence electrons. The first-order valence-corrected chi connectivity index (χ1v) is 17.3. The van der Waals surface area contributed by atoms with Crippen LogP contribution in [0.5, 0.6) is 0 Å². The molecule has 0 saturated heterocycles. The van der Waals surface area contributed by atoms with Gasteiger partial charge in [0.05, 0.1) is 66.1 Å². The number of nitrogens with zero attached hydrogens (tertiary/aromatic N) is 2. The fourth-order valence-electron chi connectivity index (χ4n) is 6.16. The van der Waals surface area contributed by atoms with Crippen LogP contribution in [0, 0.1) is 0 Å². The first-order chi connectivity index (χ1) is 43.3. The molecule has 0 spiro atoms. The van der Waals surface area contributed by atoms with E-state index in [1.54, 1.807) is 0 Å². The van der Waals surface area contributed by atoms with Gasteiger partial charge in [0, 0.05) is 48.0 Å². The summed E-state index contributed by atoms with van der Waals surface area (Å²) >= 11 is 0.358. The molecule has 0 N–H and O–H groups in total. The van der Waals surface area contributed by atoms with E-state index in [0.29, 0.717) is 20.8 Å². The summed E-state index contributed by atoms with van der Waals surface area (Å²) in [6.45, 7) is 0. The van der Waals surface area contributed by atoms with Gasteiger partial charge in [-0.1, -0.05) is 157 Å². The maximum absolute atomic E-state index is 10.1. The van der Waals surface area contributed by atoms with Crippen molar-refractivity contribution in [1.29, 1.82) is 0 Å². The largest absolute Gasteiger partial charge is 0.310 e. The molecule has 2 heterocycles. The van der Waals surface area contributed by atoms with E-state index < -0.39 is 316 Å². The molecule has 0 amide bonds. The quantitative estimate of drug-likeness (QED) is 0.156. The number of hydrogen-bond acceptors (Lipinski definition) is 2. The molecule has 9 aromatic carbocycles. The maximum atomic E-state index is 10.1. The lowest BCUT2D eigenvalue weighted by atomic mass is 9.99. The third kappa shape index (κ3) is 5.71.